The summed E-state index contributed by atoms with van der Waals surface area (Å²) in [5, 5.41) is 3.96. The molecule has 18 heavy (non-hydrogen) atoms. The van der Waals surface area contributed by atoms with Crippen molar-refractivity contribution in [2.24, 2.45) is 0 Å². The molecule has 0 saturated carbocycles. The van der Waals surface area contributed by atoms with E-state index in [1.54, 1.807) is 6.20 Å². The van der Waals surface area contributed by atoms with Crippen molar-refractivity contribution in [3.05, 3.63) is 50.6 Å². The van der Waals surface area contributed by atoms with Crippen molar-refractivity contribution in [3.8, 4) is 0 Å². The lowest BCUT2D eigenvalue weighted by Gasteiger charge is -2.14. The fourth-order valence-electron chi connectivity index (χ4n) is 2.00. The third-order valence-electron chi connectivity index (χ3n) is 2.73. The van der Waals surface area contributed by atoms with Gasteiger partial charge in [-0.15, -0.1) is 0 Å². The summed E-state index contributed by atoms with van der Waals surface area (Å²) >= 11 is 9.34. The Kier molecular flexibility index (Phi) is 3.93. The van der Waals surface area contributed by atoms with Gasteiger partial charge in [0.25, 0.3) is 0 Å². The Labute approximate surface area is 121 Å². The molecular formula is C14H14BrClN2. The van der Waals surface area contributed by atoms with Crippen molar-refractivity contribution in [2.75, 3.05) is 5.32 Å². The zero-order valence-electron chi connectivity index (χ0n) is 10.5. The molecular weight excluding hydrogens is 312 g/mol. The van der Waals surface area contributed by atoms with Crippen LogP contribution in [0.25, 0.3) is 0 Å². The van der Waals surface area contributed by atoms with Crippen molar-refractivity contribution in [3.63, 3.8) is 0 Å². The minimum absolute atomic E-state index is 0.616. The SMILES string of the molecule is Cc1cc(C)c(Nc2ncc(Cl)cc2Br)c(C)c1. The first kappa shape index (κ1) is 13.4. The van der Waals surface area contributed by atoms with Gasteiger partial charge < -0.3 is 5.32 Å². The monoisotopic (exact) mass is 324 g/mol. The highest BCUT2D eigenvalue weighted by Crippen LogP contribution is 2.30. The van der Waals surface area contributed by atoms with Crippen LogP contribution in [0, 0.1) is 20.8 Å². The minimum atomic E-state index is 0.616. The van der Waals surface area contributed by atoms with E-state index in [4.69, 9.17) is 11.6 Å². The molecule has 0 radical (unpaired) electrons. The van der Waals surface area contributed by atoms with Crippen LogP contribution in [0.5, 0.6) is 0 Å². The summed E-state index contributed by atoms with van der Waals surface area (Å²) in [5.74, 6) is 0.773. The number of hydrogen-bond donors (Lipinski definition) is 1. The molecule has 0 fully saturated rings. The first-order chi connectivity index (χ1) is 8.47. The normalized spacial score (nSPS) is 10.5. The van der Waals surface area contributed by atoms with Crippen molar-refractivity contribution in [1.29, 1.82) is 0 Å². The maximum absolute atomic E-state index is 5.88. The van der Waals surface area contributed by atoms with Gasteiger partial charge in [0.15, 0.2) is 0 Å². The molecule has 1 N–H and O–H groups in total. The quantitative estimate of drug-likeness (QED) is 0.824. The molecule has 0 unspecified atom stereocenters. The summed E-state index contributed by atoms with van der Waals surface area (Å²) in [6.45, 7) is 6.28. The van der Waals surface area contributed by atoms with E-state index < -0.39 is 0 Å². The van der Waals surface area contributed by atoms with Crippen LogP contribution in [0.3, 0.4) is 0 Å². The van der Waals surface area contributed by atoms with E-state index in [1.807, 2.05) is 6.07 Å². The average molecular weight is 326 g/mol. The Balaban J connectivity index is 2.40. The maximum Gasteiger partial charge on any atom is 0.144 e. The number of nitrogens with one attached hydrogen (secondary N) is 1. The smallest absolute Gasteiger partial charge is 0.144 e. The van der Waals surface area contributed by atoms with Crippen LogP contribution in [0.15, 0.2) is 28.9 Å². The number of pyridine rings is 1. The fourth-order valence-corrected chi connectivity index (χ4v) is 2.74. The number of nitrogens with zero attached hydrogens (tertiary/aromatic N) is 1. The summed E-state index contributed by atoms with van der Waals surface area (Å²) in [5.41, 5.74) is 4.77. The van der Waals surface area contributed by atoms with Crippen LogP contribution in [0.1, 0.15) is 16.7 Å². The molecule has 0 saturated heterocycles. The largest absolute Gasteiger partial charge is 0.339 e. The number of hydrogen-bond acceptors (Lipinski definition) is 2. The Bertz CT molecular complexity index is 573. The van der Waals surface area contributed by atoms with Crippen molar-refractivity contribution in [1.82, 2.24) is 4.98 Å². The van der Waals surface area contributed by atoms with Gasteiger partial charge in [0.2, 0.25) is 0 Å². The minimum Gasteiger partial charge on any atom is -0.339 e. The van der Waals surface area contributed by atoms with E-state index >= 15 is 0 Å². The van der Waals surface area contributed by atoms with E-state index in [9.17, 15) is 0 Å². The molecule has 0 bridgehead atoms. The Hall–Kier alpha value is -1.06. The lowest BCUT2D eigenvalue weighted by molar-refractivity contribution is 1.25. The molecule has 2 nitrogen and oxygen atoms in total. The zero-order chi connectivity index (χ0) is 13.3. The van der Waals surface area contributed by atoms with Gasteiger partial charge in [0.05, 0.1) is 9.50 Å². The lowest BCUT2D eigenvalue weighted by Crippen LogP contribution is -1.99. The highest BCUT2D eigenvalue weighted by Gasteiger charge is 2.07. The van der Waals surface area contributed by atoms with Crippen molar-refractivity contribution in [2.45, 2.75) is 20.8 Å². The van der Waals surface area contributed by atoms with Gasteiger partial charge in [-0.2, -0.15) is 0 Å². The topological polar surface area (TPSA) is 24.9 Å². The van der Waals surface area contributed by atoms with Gasteiger partial charge in [0, 0.05) is 11.9 Å². The van der Waals surface area contributed by atoms with Crippen LogP contribution < -0.4 is 5.32 Å². The van der Waals surface area contributed by atoms with E-state index in [-0.39, 0.29) is 0 Å². The second-order valence-corrected chi connectivity index (χ2v) is 5.67. The van der Waals surface area contributed by atoms with Crippen LogP contribution in [-0.2, 0) is 0 Å². The number of anilines is 2. The third kappa shape index (κ3) is 2.85. The van der Waals surface area contributed by atoms with E-state index in [2.05, 4.69) is 59.1 Å². The van der Waals surface area contributed by atoms with E-state index in [0.29, 0.717) is 5.02 Å². The number of rotatable bonds is 2. The van der Waals surface area contributed by atoms with E-state index in [0.717, 1.165) is 16.0 Å². The molecule has 1 aromatic carbocycles. The van der Waals surface area contributed by atoms with Gasteiger partial charge >= 0.3 is 0 Å². The van der Waals surface area contributed by atoms with Gasteiger partial charge in [0.1, 0.15) is 5.82 Å². The third-order valence-corrected chi connectivity index (χ3v) is 3.54. The van der Waals surface area contributed by atoms with Gasteiger partial charge in [-0.05, 0) is 53.9 Å². The van der Waals surface area contributed by atoms with E-state index in [1.165, 1.54) is 16.7 Å². The molecule has 2 aromatic rings. The number of aromatic nitrogens is 1. The fraction of sp³-hybridized carbons (Fsp3) is 0.214. The summed E-state index contributed by atoms with van der Waals surface area (Å²) in [7, 11) is 0. The van der Waals surface area contributed by atoms with Gasteiger partial charge in [-0.25, -0.2) is 4.98 Å². The lowest BCUT2D eigenvalue weighted by atomic mass is 10.1. The first-order valence-electron chi connectivity index (χ1n) is 5.63. The number of halogens is 2. The molecule has 1 aromatic heterocycles. The Morgan fingerprint density at radius 2 is 1.72 bits per heavy atom. The second kappa shape index (κ2) is 5.29. The molecule has 0 amide bonds. The average Bonchev–Trinajstić information content (AvgIpc) is 2.25. The van der Waals surface area contributed by atoms with Crippen LogP contribution in [0.4, 0.5) is 11.5 Å². The van der Waals surface area contributed by atoms with Crippen molar-refractivity contribution < 1.29 is 0 Å². The second-order valence-electron chi connectivity index (χ2n) is 4.38. The molecule has 0 aliphatic rings. The molecule has 0 aliphatic heterocycles. The van der Waals surface area contributed by atoms with Crippen LogP contribution in [-0.4, -0.2) is 4.98 Å². The molecule has 0 aliphatic carbocycles. The highest BCUT2D eigenvalue weighted by atomic mass is 79.9. The zero-order valence-corrected chi connectivity index (χ0v) is 12.9. The summed E-state index contributed by atoms with van der Waals surface area (Å²) in [4.78, 5) is 4.29. The molecule has 4 heteroatoms. The summed E-state index contributed by atoms with van der Waals surface area (Å²) in [6, 6.07) is 6.13. The highest BCUT2D eigenvalue weighted by molar-refractivity contribution is 9.10. The molecule has 0 spiro atoms. The Morgan fingerprint density at radius 3 is 2.28 bits per heavy atom. The van der Waals surface area contributed by atoms with Gasteiger partial charge in [-0.1, -0.05) is 29.3 Å². The summed E-state index contributed by atoms with van der Waals surface area (Å²) in [6.07, 6.45) is 1.63. The molecule has 2 rings (SSSR count). The standard InChI is InChI=1S/C14H14BrClN2/c1-8-4-9(2)13(10(3)5-8)18-14-12(15)6-11(16)7-17-14/h4-7H,1-3H3,(H,17,18). The van der Waals surface area contributed by atoms with Gasteiger partial charge in [-0.3, -0.25) is 0 Å². The first-order valence-corrected chi connectivity index (χ1v) is 6.80. The van der Waals surface area contributed by atoms with Crippen LogP contribution in [0.2, 0.25) is 5.02 Å². The molecule has 94 valence electrons. The molecule has 1 heterocycles. The number of aryl methyl sites for hydroxylation is 3. The maximum atomic E-state index is 5.88. The Morgan fingerprint density at radius 1 is 1.11 bits per heavy atom. The molecule has 0 atom stereocenters. The van der Waals surface area contributed by atoms with Crippen LogP contribution >= 0.6 is 27.5 Å². The predicted molar refractivity (Wildman–Crippen MR) is 80.9 cm³/mol. The summed E-state index contributed by atoms with van der Waals surface area (Å²) < 4.78 is 0.856. The van der Waals surface area contributed by atoms with Crippen molar-refractivity contribution >= 4 is 39.0 Å². The number of benzene rings is 1. The predicted octanol–water partition coefficient (Wildman–Crippen LogP) is 5.17.